The van der Waals surface area contributed by atoms with Gasteiger partial charge in [-0.3, -0.25) is 4.79 Å². The Kier molecular flexibility index (Phi) is 2.38. The largest absolute Gasteiger partial charge is 0.386 e. The fourth-order valence-electron chi connectivity index (χ4n) is 2.50. The molecule has 1 fully saturated rings. The van der Waals surface area contributed by atoms with Crippen molar-refractivity contribution in [3.63, 3.8) is 0 Å². The first-order valence-corrected chi connectivity index (χ1v) is 6.06. The summed E-state index contributed by atoms with van der Waals surface area (Å²) in [5, 5.41) is 11.7. The molecule has 0 unspecified atom stereocenters. The number of β-amino-alcohol motifs (C(OH)–C–C–N with tert-alkyl or cyclic N) is 1. The van der Waals surface area contributed by atoms with E-state index in [1.54, 1.807) is 11.8 Å². The van der Waals surface area contributed by atoms with Crippen LogP contribution in [0.4, 0.5) is 0 Å². The topological polar surface area (TPSA) is 40.5 Å². The number of benzene rings is 2. The van der Waals surface area contributed by atoms with Crippen molar-refractivity contribution in [1.82, 2.24) is 4.90 Å². The van der Waals surface area contributed by atoms with Crippen molar-refractivity contribution in [3.8, 4) is 0 Å². The third-order valence-electron chi connectivity index (χ3n) is 3.37. The van der Waals surface area contributed by atoms with Crippen LogP contribution in [0.5, 0.6) is 0 Å². The molecule has 1 saturated heterocycles. The third kappa shape index (κ3) is 1.77. The molecular formula is C15H15NO2. The predicted octanol–water partition coefficient (Wildman–Crippen LogP) is 2.05. The lowest BCUT2D eigenvalue weighted by Crippen LogP contribution is -2.61. The average Bonchev–Trinajstić information content (AvgIpc) is 2.34. The van der Waals surface area contributed by atoms with Crippen molar-refractivity contribution in [2.45, 2.75) is 12.5 Å². The molecule has 1 heterocycles. The number of rotatable bonds is 1. The SMILES string of the molecule is CC1(O)CN(C(=O)c2cccc3ccccc23)C1. The average molecular weight is 241 g/mol. The van der Waals surface area contributed by atoms with E-state index in [0.29, 0.717) is 18.7 Å². The number of amides is 1. The summed E-state index contributed by atoms with van der Waals surface area (Å²) in [5.74, 6) is -0.00155. The van der Waals surface area contributed by atoms with Crippen LogP contribution in [-0.2, 0) is 0 Å². The van der Waals surface area contributed by atoms with E-state index in [2.05, 4.69) is 0 Å². The summed E-state index contributed by atoms with van der Waals surface area (Å²) in [7, 11) is 0. The highest BCUT2D eigenvalue weighted by molar-refractivity contribution is 6.07. The molecule has 2 aromatic rings. The minimum absolute atomic E-state index is 0.00155. The summed E-state index contributed by atoms with van der Waals surface area (Å²) >= 11 is 0. The van der Waals surface area contributed by atoms with Crippen LogP contribution in [0, 0.1) is 0 Å². The second kappa shape index (κ2) is 3.82. The Labute approximate surface area is 106 Å². The van der Waals surface area contributed by atoms with Gasteiger partial charge in [0.25, 0.3) is 5.91 Å². The second-order valence-electron chi connectivity index (χ2n) is 5.18. The summed E-state index contributed by atoms with van der Waals surface area (Å²) in [6, 6.07) is 13.6. The molecule has 3 nitrogen and oxygen atoms in total. The smallest absolute Gasteiger partial charge is 0.254 e. The zero-order valence-corrected chi connectivity index (χ0v) is 10.3. The third-order valence-corrected chi connectivity index (χ3v) is 3.37. The summed E-state index contributed by atoms with van der Waals surface area (Å²) in [4.78, 5) is 14.0. The summed E-state index contributed by atoms with van der Waals surface area (Å²) in [5.41, 5.74) is -0.0103. The molecule has 3 rings (SSSR count). The first kappa shape index (κ1) is 11.2. The number of hydrogen-bond acceptors (Lipinski definition) is 2. The van der Waals surface area contributed by atoms with E-state index in [9.17, 15) is 9.90 Å². The Hall–Kier alpha value is -1.87. The number of likely N-dealkylation sites (tertiary alicyclic amines) is 1. The molecule has 0 radical (unpaired) electrons. The Bertz CT molecular complexity index is 605. The monoisotopic (exact) mass is 241 g/mol. The van der Waals surface area contributed by atoms with Crippen LogP contribution in [0.2, 0.25) is 0 Å². The lowest BCUT2D eigenvalue weighted by atomic mass is 9.94. The van der Waals surface area contributed by atoms with E-state index in [1.165, 1.54) is 0 Å². The van der Waals surface area contributed by atoms with Gasteiger partial charge in [-0.2, -0.15) is 0 Å². The zero-order valence-electron chi connectivity index (χ0n) is 10.3. The standard InChI is InChI=1S/C15H15NO2/c1-15(18)9-16(10-15)14(17)13-8-4-6-11-5-2-3-7-12(11)13/h2-8,18H,9-10H2,1H3. The maximum Gasteiger partial charge on any atom is 0.254 e. The van der Waals surface area contributed by atoms with Gasteiger partial charge in [0.15, 0.2) is 0 Å². The van der Waals surface area contributed by atoms with Crippen molar-refractivity contribution in [1.29, 1.82) is 0 Å². The lowest BCUT2D eigenvalue weighted by molar-refractivity contribution is -0.0668. The van der Waals surface area contributed by atoms with Gasteiger partial charge in [-0.15, -0.1) is 0 Å². The molecule has 0 atom stereocenters. The molecule has 0 aromatic heterocycles. The zero-order chi connectivity index (χ0) is 12.8. The van der Waals surface area contributed by atoms with Crippen molar-refractivity contribution < 1.29 is 9.90 Å². The normalized spacial score (nSPS) is 17.6. The number of carbonyl (C=O) groups excluding carboxylic acids is 1. The molecule has 1 aliphatic rings. The van der Waals surface area contributed by atoms with Crippen LogP contribution in [0.15, 0.2) is 42.5 Å². The van der Waals surface area contributed by atoms with Gasteiger partial charge in [-0.1, -0.05) is 36.4 Å². The molecule has 0 aliphatic carbocycles. The first-order chi connectivity index (χ1) is 8.57. The second-order valence-corrected chi connectivity index (χ2v) is 5.18. The van der Waals surface area contributed by atoms with Crippen LogP contribution in [0.25, 0.3) is 10.8 Å². The van der Waals surface area contributed by atoms with E-state index >= 15 is 0 Å². The molecule has 0 bridgehead atoms. The quantitative estimate of drug-likeness (QED) is 0.830. The molecule has 18 heavy (non-hydrogen) atoms. The van der Waals surface area contributed by atoms with Crippen LogP contribution in [0.1, 0.15) is 17.3 Å². The van der Waals surface area contributed by atoms with Crippen LogP contribution in [0.3, 0.4) is 0 Å². The van der Waals surface area contributed by atoms with Gasteiger partial charge in [-0.25, -0.2) is 0 Å². The highest BCUT2D eigenvalue weighted by Crippen LogP contribution is 2.25. The molecule has 3 heteroatoms. The van der Waals surface area contributed by atoms with Gasteiger partial charge in [0, 0.05) is 5.56 Å². The first-order valence-electron chi connectivity index (χ1n) is 6.06. The fraction of sp³-hybridized carbons (Fsp3) is 0.267. The molecule has 1 aliphatic heterocycles. The van der Waals surface area contributed by atoms with Crippen molar-refractivity contribution in [3.05, 3.63) is 48.0 Å². The Balaban J connectivity index is 1.98. The lowest BCUT2D eigenvalue weighted by Gasteiger charge is -2.44. The molecule has 0 spiro atoms. The molecule has 1 N–H and O–H groups in total. The van der Waals surface area contributed by atoms with Gasteiger partial charge >= 0.3 is 0 Å². The number of carbonyl (C=O) groups is 1. The Morgan fingerprint density at radius 3 is 2.56 bits per heavy atom. The number of hydrogen-bond donors (Lipinski definition) is 1. The number of aliphatic hydroxyl groups is 1. The molecule has 0 saturated carbocycles. The van der Waals surface area contributed by atoms with Gasteiger partial charge in [0.05, 0.1) is 18.7 Å². The van der Waals surface area contributed by atoms with Gasteiger partial charge in [-0.05, 0) is 23.8 Å². The van der Waals surface area contributed by atoms with Crippen LogP contribution >= 0.6 is 0 Å². The predicted molar refractivity (Wildman–Crippen MR) is 70.5 cm³/mol. The Morgan fingerprint density at radius 2 is 1.83 bits per heavy atom. The van der Waals surface area contributed by atoms with Crippen LogP contribution < -0.4 is 0 Å². The molecule has 2 aromatic carbocycles. The van der Waals surface area contributed by atoms with Gasteiger partial charge in [0.2, 0.25) is 0 Å². The van der Waals surface area contributed by atoms with Gasteiger partial charge < -0.3 is 10.0 Å². The van der Waals surface area contributed by atoms with Crippen molar-refractivity contribution >= 4 is 16.7 Å². The van der Waals surface area contributed by atoms with Crippen molar-refractivity contribution in [2.75, 3.05) is 13.1 Å². The minimum atomic E-state index is -0.722. The minimum Gasteiger partial charge on any atom is -0.386 e. The van der Waals surface area contributed by atoms with E-state index in [4.69, 9.17) is 0 Å². The summed E-state index contributed by atoms with van der Waals surface area (Å²) in [6.45, 7) is 2.57. The number of nitrogens with zero attached hydrogens (tertiary/aromatic N) is 1. The van der Waals surface area contributed by atoms with E-state index < -0.39 is 5.60 Å². The highest BCUT2D eigenvalue weighted by atomic mass is 16.3. The molecule has 92 valence electrons. The highest BCUT2D eigenvalue weighted by Gasteiger charge is 2.39. The number of fused-ring (bicyclic) bond motifs is 1. The van der Waals surface area contributed by atoms with E-state index in [0.717, 1.165) is 10.8 Å². The fourth-order valence-corrected chi connectivity index (χ4v) is 2.50. The van der Waals surface area contributed by atoms with E-state index in [-0.39, 0.29) is 5.91 Å². The van der Waals surface area contributed by atoms with Gasteiger partial charge in [0.1, 0.15) is 0 Å². The summed E-state index contributed by atoms with van der Waals surface area (Å²) in [6.07, 6.45) is 0. The maximum atomic E-state index is 12.3. The van der Waals surface area contributed by atoms with E-state index in [1.807, 2.05) is 42.5 Å². The van der Waals surface area contributed by atoms with Crippen molar-refractivity contribution in [2.24, 2.45) is 0 Å². The van der Waals surface area contributed by atoms with Crippen LogP contribution in [-0.4, -0.2) is 34.6 Å². The maximum absolute atomic E-state index is 12.3. The Morgan fingerprint density at radius 1 is 1.17 bits per heavy atom. The molecule has 1 amide bonds. The summed E-state index contributed by atoms with van der Waals surface area (Å²) < 4.78 is 0. The molecular weight excluding hydrogens is 226 g/mol.